The first-order valence-corrected chi connectivity index (χ1v) is 9.23. The molecule has 2 heterocycles. The summed E-state index contributed by atoms with van der Waals surface area (Å²) in [5.74, 6) is 1.04. The molecule has 4 rings (SSSR count). The predicted molar refractivity (Wildman–Crippen MR) is 107 cm³/mol. The van der Waals surface area contributed by atoms with Crippen molar-refractivity contribution in [3.05, 3.63) is 76.6 Å². The number of halogens is 2. The lowest BCUT2D eigenvalue weighted by Crippen LogP contribution is -2.20. The first-order chi connectivity index (χ1) is 14.0. The average molecular weight is 414 g/mol. The maximum atomic E-state index is 14.4. The van der Waals surface area contributed by atoms with Crippen LogP contribution in [-0.2, 0) is 11.3 Å². The number of ether oxygens (including phenoxy) is 2. The molecule has 1 aromatic heterocycles. The first kappa shape index (κ1) is 19.0. The molecule has 0 unspecified atom stereocenters. The van der Waals surface area contributed by atoms with Crippen molar-refractivity contribution in [1.29, 1.82) is 0 Å². The standard InChI is InChI=1S/C21H17ClFN3O3/c1-13-24-6-7-26(13)18-4-2-15(9-17(18)23)11-25-20(27)5-3-14-8-16(22)21-19(10-14)28-12-29-21/h2-10H,11-12H2,1H3,(H,25,27)/b5-3+. The Kier molecular flexibility index (Phi) is 5.22. The Labute approximate surface area is 171 Å². The van der Waals surface area contributed by atoms with E-state index < -0.39 is 0 Å². The van der Waals surface area contributed by atoms with Crippen LogP contribution in [0.5, 0.6) is 11.5 Å². The SMILES string of the molecule is Cc1nccn1-c1ccc(CNC(=O)/C=C/c2cc(Cl)c3c(c2)OCO3)cc1F. The molecule has 0 radical (unpaired) electrons. The van der Waals surface area contributed by atoms with Crippen molar-refractivity contribution in [1.82, 2.24) is 14.9 Å². The maximum absolute atomic E-state index is 14.4. The molecule has 0 aliphatic carbocycles. The number of carbonyl (C=O) groups is 1. The van der Waals surface area contributed by atoms with Crippen LogP contribution in [0, 0.1) is 12.7 Å². The quantitative estimate of drug-likeness (QED) is 0.641. The fourth-order valence-corrected chi connectivity index (χ4v) is 3.27. The molecular formula is C21H17ClFN3O3. The summed E-state index contributed by atoms with van der Waals surface area (Å²) in [4.78, 5) is 16.2. The van der Waals surface area contributed by atoms with Crippen molar-refractivity contribution in [3.8, 4) is 17.2 Å². The number of aryl methyl sites for hydroxylation is 1. The van der Waals surface area contributed by atoms with Crippen LogP contribution in [0.3, 0.4) is 0 Å². The molecule has 3 aromatic rings. The largest absolute Gasteiger partial charge is 0.454 e. The highest BCUT2D eigenvalue weighted by molar-refractivity contribution is 6.32. The molecule has 1 amide bonds. The van der Waals surface area contributed by atoms with Crippen LogP contribution in [0.4, 0.5) is 4.39 Å². The second kappa shape index (κ2) is 7.97. The Hall–Kier alpha value is -3.32. The van der Waals surface area contributed by atoms with E-state index in [1.165, 1.54) is 12.1 Å². The summed E-state index contributed by atoms with van der Waals surface area (Å²) in [5.41, 5.74) is 1.77. The minimum absolute atomic E-state index is 0.123. The van der Waals surface area contributed by atoms with Gasteiger partial charge in [-0.25, -0.2) is 9.37 Å². The van der Waals surface area contributed by atoms with Crippen LogP contribution >= 0.6 is 11.6 Å². The summed E-state index contributed by atoms with van der Waals surface area (Å²) in [6.45, 7) is 2.12. The van der Waals surface area contributed by atoms with Gasteiger partial charge in [0, 0.05) is 25.0 Å². The minimum atomic E-state index is -0.386. The third-order valence-electron chi connectivity index (χ3n) is 4.44. The van der Waals surface area contributed by atoms with Gasteiger partial charge in [0.25, 0.3) is 0 Å². The van der Waals surface area contributed by atoms with Crippen molar-refractivity contribution in [2.24, 2.45) is 0 Å². The highest BCUT2D eigenvalue weighted by Gasteiger charge is 2.17. The van der Waals surface area contributed by atoms with Gasteiger partial charge in [-0.2, -0.15) is 0 Å². The zero-order chi connectivity index (χ0) is 20.4. The molecule has 0 bridgehead atoms. The highest BCUT2D eigenvalue weighted by atomic mass is 35.5. The van der Waals surface area contributed by atoms with E-state index in [0.717, 1.165) is 0 Å². The van der Waals surface area contributed by atoms with Crippen LogP contribution in [0.25, 0.3) is 11.8 Å². The highest BCUT2D eigenvalue weighted by Crippen LogP contribution is 2.40. The third-order valence-corrected chi connectivity index (χ3v) is 4.72. The van der Waals surface area contributed by atoms with Crippen LogP contribution in [0.1, 0.15) is 17.0 Å². The van der Waals surface area contributed by atoms with Crippen molar-refractivity contribution >= 4 is 23.6 Å². The van der Waals surface area contributed by atoms with Gasteiger partial charge >= 0.3 is 0 Å². The molecule has 0 saturated heterocycles. The molecule has 1 N–H and O–H groups in total. The number of aromatic nitrogens is 2. The molecule has 0 atom stereocenters. The third kappa shape index (κ3) is 4.09. The monoisotopic (exact) mass is 413 g/mol. The second-order valence-corrected chi connectivity index (χ2v) is 6.83. The normalized spacial score (nSPS) is 12.5. The Bertz CT molecular complexity index is 1110. The second-order valence-electron chi connectivity index (χ2n) is 6.42. The zero-order valence-electron chi connectivity index (χ0n) is 15.5. The number of hydrogen-bond donors (Lipinski definition) is 1. The van der Waals surface area contributed by atoms with Gasteiger partial charge < -0.3 is 19.4 Å². The van der Waals surface area contributed by atoms with Crippen molar-refractivity contribution < 1.29 is 18.7 Å². The summed E-state index contributed by atoms with van der Waals surface area (Å²) < 4.78 is 26.6. The molecule has 2 aromatic carbocycles. The molecule has 0 spiro atoms. The maximum Gasteiger partial charge on any atom is 0.244 e. The summed E-state index contributed by atoms with van der Waals surface area (Å²) >= 11 is 6.13. The Balaban J connectivity index is 1.39. The van der Waals surface area contributed by atoms with Gasteiger partial charge in [-0.1, -0.05) is 17.7 Å². The average Bonchev–Trinajstić information content (AvgIpc) is 3.34. The lowest BCUT2D eigenvalue weighted by Gasteiger charge is -2.09. The van der Waals surface area contributed by atoms with Crippen molar-refractivity contribution in [2.75, 3.05) is 6.79 Å². The summed E-state index contributed by atoms with van der Waals surface area (Å²) in [5, 5.41) is 3.15. The fourth-order valence-electron chi connectivity index (χ4n) is 2.99. The molecule has 8 heteroatoms. The van der Waals surface area contributed by atoms with E-state index in [4.69, 9.17) is 21.1 Å². The van der Waals surface area contributed by atoms with Crippen molar-refractivity contribution in [2.45, 2.75) is 13.5 Å². The van der Waals surface area contributed by atoms with Crippen LogP contribution in [-0.4, -0.2) is 22.3 Å². The Morgan fingerprint density at radius 3 is 2.97 bits per heavy atom. The number of amides is 1. The molecule has 29 heavy (non-hydrogen) atoms. The number of benzene rings is 2. The molecule has 148 valence electrons. The van der Waals surface area contributed by atoms with Gasteiger partial charge in [-0.3, -0.25) is 4.79 Å². The smallest absolute Gasteiger partial charge is 0.244 e. The van der Waals surface area contributed by atoms with Gasteiger partial charge in [0.2, 0.25) is 12.7 Å². The van der Waals surface area contributed by atoms with Gasteiger partial charge in [-0.05, 0) is 48.4 Å². The van der Waals surface area contributed by atoms with Crippen LogP contribution in [0.15, 0.2) is 48.8 Å². The van der Waals surface area contributed by atoms with Gasteiger partial charge in [0.05, 0.1) is 10.7 Å². The number of rotatable bonds is 5. The predicted octanol–water partition coefficient (Wildman–Crippen LogP) is 4.03. The lowest BCUT2D eigenvalue weighted by atomic mass is 10.1. The minimum Gasteiger partial charge on any atom is -0.454 e. The molecular weight excluding hydrogens is 397 g/mol. The zero-order valence-corrected chi connectivity index (χ0v) is 16.2. The number of nitrogens with one attached hydrogen (secondary N) is 1. The van der Waals surface area contributed by atoms with Gasteiger partial charge in [0.15, 0.2) is 11.5 Å². The number of hydrogen-bond acceptors (Lipinski definition) is 4. The summed E-state index contributed by atoms with van der Waals surface area (Å²) in [6.07, 6.45) is 6.31. The number of imidazole rings is 1. The van der Waals surface area contributed by atoms with E-state index in [2.05, 4.69) is 10.3 Å². The first-order valence-electron chi connectivity index (χ1n) is 8.85. The van der Waals surface area contributed by atoms with Crippen LogP contribution in [0.2, 0.25) is 5.02 Å². The van der Waals surface area contributed by atoms with Crippen LogP contribution < -0.4 is 14.8 Å². The molecule has 6 nitrogen and oxygen atoms in total. The van der Waals surface area contributed by atoms with E-state index in [9.17, 15) is 9.18 Å². The van der Waals surface area contributed by atoms with E-state index in [0.29, 0.717) is 39.2 Å². The van der Waals surface area contributed by atoms with E-state index in [1.54, 1.807) is 54.2 Å². The number of carbonyl (C=O) groups excluding carboxylic acids is 1. The Morgan fingerprint density at radius 1 is 1.34 bits per heavy atom. The molecule has 1 aliphatic rings. The van der Waals surface area contributed by atoms with Crippen molar-refractivity contribution in [3.63, 3.8) is 0 Å². The summed E-state index contributed by atoms with van der Waals surface area (Å²) in [7, 11) is 0. The van der Waals surface area contributed by atoms with Gasteiger partial charge in [-0.15, -0.1) is 0 Å². The summed E-state index contributed by atoms with van der Waals surface area (Å²) in [6, 6.07) is 8.25. The van der Waals surface area contributed by atoms with Gasteiger partial charge in [0.1, 0.15) is 11.6 Å². The topological polar surface area (TPSA) is 65.4 Å². The fraction of sp³-hybridized carbons (Fsp3) is 0.143. The lowest BCUT2D eigenvalue weighted by molar-refractivity contribution is -0.116. The molecule has 0 fully saturated rings. The molecule has 1 aliphatic heterocycles. The van der Waals surface area contributed by atoms with E-state index in [1.807, 2.05) is 0 Å². The van der Waals surface area contributed by atoms with E-state index >= 15 is 0 Å². The van der Waals surface area contributed by atoms with E-state index in [-0.39, 0.29) is 25.1 Å². The number of fused-ring (bicyclic) bond motifs is 1. The Morgan fingerprint density at radius 2 is 2.21 bits per heavy atom. The molecule has 0 saturated carbocycles. The number of nitrogens with zero attached hydrogens (tertiary/aromatic N) is 2.